The van der Waals surface area contributed by atoms with Crippen LogP contribution in [-0.2, 0) is 0 Å². The van der Waals surface area contributed by atoms with Crippen LogP contribution in [0.25, 0.3) is 16.6 Å². The van der Waals surface area contributed by atoms with E-state index >= 15 is 0 Å². The lowest BCUT2D eigenvalue weighted by Gasteiger charge is -2.02. The Morgan fingerprint density at radius 1 is 0.944 bits per heavy atom. The van der Waals surface area contributed by atoms with Crippen LogP contribution < -0.4 is 0 Å². The molecule has 2 heterocycles. The van der Waals surface area contributed by atoms with Crippen molar-refractivity contribution in [1.29, 1.82) is 0 Å². The van der Waals surface area contributed by atoms with Crippen molar-refractivity contribution in [3.63, 3.8) is 0 Å². The number of hydrogen-bond acceptors (Lipinski definition) is 1. The normalized spacial score (nSPS) is 12.8. The van der Waals surface area contributed by atoms with Gasteiger partial charge < -0.3 is 4.57 Å². The number of hydrogen-bond donors (Lipinski definition) is 0. The molecule has 1 aliphatic rings. The van der Waals surface area contributed by atoms with Gasteiger partial charge in [0, 0.05) is 10.9 Å². The Kier molecular flexibility index (Phi) is 1.87. The molecule has 0 spiro atoms. The number of ketones is 1. The molecule has 0 fully saturated rings. The average molecular weight is 298 g/mol. The molecule has 0 saturated heterocycles. The molecule has 4 rings (SSSR count). The number of carbonyl (C=O) groups is 1. The van der Waals surface area contributed by atoms with Crippen molar-refractivity contribution >= 4 is 32.6 Å². The highest BCUT2D eigenvalue weighted by atomic mass is 79.9. The van der Waals surface area contributed by atoms with Crippen LogP contribution in [0.2, 0.25) is 0 Å². The minimum absolute atomic E-state index is 0.0914. The van der Waals surface area contributed by atoms with Crippen molar-refractivity contribution < 1.29 is 4.79 Å². The summed E-state index contributed by atoms with van der Waals surface area (Å²) in [5.41, 5.74) is 3.55. The fraction of sp³-hybridized carbons (Fsp3) is 0. The predicted molar refractivity (Wildman–Crippen MR) is 74.4 cm³/mol. The van der Waals surface area contributed by atoms with Gasteiger partial charge in [-0.2, -0.15) is 0 Å². The van der Waals surface area contributed by atoms with Crippen LogP contribution in [0.4, 0.5) is 0 Å². The van der Waals surface area contributed by atoms with Gasteiger partial charge >= 0.3 is 0 Å². The van der Waals surface area contributed by atoms with E-state index in [1.165, 1.54) is 0 Å². The molecule has 0 N–H and O–H groups in total. The second kappa shape index (κ2) is 3.33. The van der Waals surface area contributed by atoms with Crippen LogP contribution in [-0.4, -0.2) is 10.4 Å². The molecule has 0 saturated carbocycles. The van der Waals surface area contributed by atoms with Gasteiger partial charge in [-0.05, 0) is 34.1 Å². The topological polar surface area (TPSA) is 22.0 Å². The monoisotopic (exact) mass is 297 g/mol. The van der Waals surface area contributed by atoms with Crippen molar-refractivity contribution in [2.45, 2.75) is 0 Å². The maximum atomic E-state index is 12.4. The molecule has 86 valence electrons. The van der Waals surface area contributed by atoms with Gasteiger partial charge in [-0.25, -0.2) is 0 Å². The Morgan fingerprint density at radius 3 is 2.56 bits per heavy atom. The first-order valence-corrected chi connectivity index (χ1v) is 6.51. The number of rotatable bonds is 0. The quantitative estimate of drug-likeness (QED) is 0.482. The highest BCUT2D eigenvalue weighted by molar-refractivity contribution is 9.10. The first-order chi connectivity index (χ1) is 8.79. The van der Waals surface area contributed by atoms with Crippen LogP contribution in [0, 0.1) is 0 Å². The maximum Gasteiger partial charge on any atom is 0.213 e. The first kappa shape index (κ1) is 10.1. The summed E-state index contributed by atoms with van der Waals surface area (Å²) in [6.07, 6.45) is 0. The van der Waals surface area contributed by atoms with Gasteiger partial charge in [-0.15, -0.1) is 0 Å². The third-order valence-corrected chi connectivity index (χ3v) is 4.22. The van der Waals surface area contributed by atoms with Crippen molar-refractivity contribution in [2.24, 2.45) is 0 Å². The summed E-state index contributed by atoms with van der Waals surface area (Å²) in [5, 5.41) is 1.08. The zero-order chi connectivity index (χ0) is 12.3. The van der Waals surface area contributed by atoms with E-state index in [1.807, 2.05) is 53.1 Å². The van der Waals surface area contributed by atoms with Crippen molar-refractivity contribution in [1.82, 2.24) is 4.57 Å². The molecular weight excluding hydrogens is 290 g/mol. The molecule has 0 aliphatic carbocycles. The van der Waals surface area contributed by atoms with Crippen LogP contribution >= 0.6 is 15.9 Å². The Bertz CT molecular complexity index is 816. The lowest BCUT2D eigenvalue weighted by atomic mass is 10.1. The summed E-state index contributed by atoms with van der Waals surface area (Å²) in [5.74, 6) is 0.0914. The highest BCUT2D eigenvalue weighted by Gasteiger charge is 2.31. The van der Waals surface area contributed by atoms with E-state index in [0.717, 1.165) is 32.3 Å². The third kappa shape index (κ3) is 1.05. The molecule has 1 aliphatic heterocycles. The molecule has 0 amide bonds. The van der Waals surface area contributed by atoms with E-state index in [-0.39, 0.29) is 5.78 Å². The molecule has 2 nitrogen and oxygen atoms in total. The maximum absolute atomic E-state index is 12.4. The average Bonchev–Trinajstić information content (AvgIpc) is 2.87. The summed E-state index contributed by atoms with van der Waals surface area (Å²) in [6, 6.07) is 15.8. The van der Waals surface area contributed by atoms with Crippen molar-refractivity contribution in [3.05, 3.63) is 64.3 Å². The molecule has 0 unspecified atom stereocenters. The predicted octanol–water partition coefficient (Wildman–Crippen LogP) is 3.94. The molecule has 3 heteroatoms. The summed E-state index contributed by atoms with van der Waals surface area (Å²) in [7, 11) is 0. The molecule has 0 bridgehead atoms. The molecule has 3 aromatic rings. The molecule has 0 atom stereocenters. The van der Waals surface area contributed by atoms with Gasteiger partial charge in [0.1, 0.15) is 5.69 Å². The standard InChI is InChI=1S/C15H8BrNO/c16-13-9-5-1-3-7-11(9)17-12-8-4-2-6-10(12)15(18)14(13)17/h1-8H. The zero-order valence-electron chi connectivity index (χ0n) is 9.35. The van der Waals surface area contributed by atoms with E-state index in [9.17, 15) is 4.79 Å². The van der Waals surface area contributed by atoms with Crippen molar-refractivity contribution in [3.8, 4) is 5.69 Å². The molecule has 1 aromatic heterocycles. The van der Waals surface area contributed by atoms with Crippen LogP contribution in [0.15, 0.2) is 53.0 Å². The van der Waals surface area contributed by atoms with E-state index in [2.05, 4.69) is 15.9 Å². The number of benzene rings is 2. The summed E-state index contributed by atoms with van der Waals surface area (Å²) < 4.78 is 2.93. The van der Waals surface area contributed by atoms with E-state index in [0.29, 0.717) is 0 Å². The number of aromatic nitrogens is 1. The second-order valence-electron chi connectivity index (χ2n) is 4.36. The van der Waals surface area contributed by atoms with Crippen molar-refractivity contribution in [2.75, 3.05) is 0 Å². The lowest BCUT2D eigenvalue weighted by molar-refractivity contribution is 0.103. The molecule has 18 heavy (non-hydrogen) atoms. The van der Waals surface area contributed by atoms with Gasteiger partial charge in [0.05, 0.1) is 15.7 Å². The fourth-order valence-electron chi connectivity index (χ4n) is 2.64. The summed E-state index contributed by atoms with van der Waals surface area (Å²) >= 11 is 3.56. The van der Waals surface area contributed by atoms with Crippen LogP contribution in [0.5, 0.6) is 0 Å². The SMILES string of the molecule is O=C1c2ccccc2-n2c1c(Br)c1ccccc12. The van der Waals surface area contributed by atoms with Gasteiger partial charge in [-0.3, -0.25) is 4.79 Å². The minimum Gasteiger partial charge on any atom is -0.305 e. The smallest absolute Gasteiger partial charge is 0.213 e. The third-order valence-electron chi connectivity index (χ3n) is 3.42. The van der Waals surface area contributed by atoms with Gasteiger partial charge in [0.15, 0.2) is 0 Å². The number of carbonyl (C=O) groups excluding carboxylic acids is 1. The Balaban J connectivity index is 2.26. The number of nitrogens with zero attached hydrogens (tertiary/aromatic N) is 1. The van der Waals surface area contributed by atoms with Gasteiger partial charge in [0.2, 0.25) is 5.78 Å². The Morgan fingerprint density at radius 2 is 1.67 bits per heavy atom. The molecular formula is C15H8BrNO. The van der Waals surface area contributed by atoms with Crippen LogP contribution in [0.1, 0.15) is 16.1 Å². The van der Waals surface area contributed by atoms with E-state index < -0.39 is 0 Å². The summed E-state index contributed by atoms with van der Waals surface area (Å²) in [4.78, 5) is 12.4. The molecule has 0 radical (unpaired) electrons. The van der Waals surface area contributed by atoms with E-state index in [4.69, 9.17) is 0 Å². The molecule has 2 aromatic carbocycles. The zero-order valence-corrected chi connectivity index (χ0v) is 10.9. The fourth-order valence-corrected chi connectivity index (χ4v) is 3.33. The number of fused-ring (bicyclic) bond motifs is 5. The minimum atomic E-state index is 0.0914. The Labute approximate surface area is 112 Å². The number of para-hydroxylation sites is 2. The van der Waals surface area contributed by atoms with Crippen LogP contribution in [0.3, 0.4) is 0 Å². The number of halogens is 1. The largest absolute Gasteiger partial charge is 0.305 e. The Hall–Kier alpha value is -1.87. The first-order valence-electron chi connectivity index (χ1n) is 5.72. The second-order valence-corrected chi connectivity index (χ2v) is 5.15. The van der Waals surface area contributed by atoms with E-state index in [1.54, 1.807) is 0 Å². The summed E-state index contributed by atoms with van der Waals surface area (Å²) in [6.45, 7) is 0. The van der Waals surface area contributed by atoms with Gasteiger partial charge in [-0.1, -0.05) is 30.3 Å². The lowest BCUT2D eigenvalue weighted by Crippen LogP contribution is -1.95. The highest BCUT2D eigenvalue weighted by Crippen LogP contribution is 2.39. The van der Waals surface area contributed by atoms with Gasteiger partial charge in [0.25, 0.3) is 0 Å².